The molecule has 1 aliphatic heterocycles. The number of hydrogen-bond donors (Lipinski definition) is 1. The maximum absolute atomic E-state index is 12.2. The van der Waals surface area contributed by atoms with Crippen molar-refractivity contribution < 1.29 is 23.9 Å². The molecule has 0 unspecified atom stereocenters. The number of methoxy groups -OCH3 is 1. The summed E-state index contributed by atoms with van der Waals surface area (Å²) in [6.07, 6.45) is 0.524. The van der Waals surface area contributed by atoms with Gasteiger partial charge >= 0.3 is 11.9 Å². The summed E-state index contributed by atoms with van der Waals surface area (Å²) in [5.74, 6) is -0.964. The number of nitrogens with one attached hydrogen (secondary N) is 1. The third-order valence-electron chi connectivity index (χ3n) is 2.99. The highest BCUT2D eigenvalue weighted by Gasteiger charge is 2.31. The highest BCUT2D eigenvalue weighted by Crippen LogP contribution is 2.11. The van der Waals surface area contributed by atoms with Gasteiger partial charge in [-0.2, -0.15) is 0 Å². The highest BCUT2D eigenvalue weighted by molar-refractivity contribution is 5.87. The van der Waals surface area contributed by atoms with Crippen LogP contribution in [0.25, 0.3) is 0 Å². The van der Waals surface area contributed by atoms with Crippen LogP contribution in [0.1, 0.15) is 33.6 Å². The van der Waals surface area contributed by atoms with Gasteiger partial charge < -0.3 is 19.7 Å². The number of piperazine rings is 1. The fraction of sp³-hybridized carbons (Fsp3) is 0.786. The number of nitrogens with zero attached hydrogens (tertiary/aromatic N) is 1. The summed E-state index contributed by atoms with van der Waals surface area (Å²) < 4.78 is 9.77. The molecule has 0 aromatic heterocycles. The molecule has 1 saturated heterocycles. The van der Waals surface area contributed by atoms with Crippen LogP contribution in [0.5, 0.6) is 0 Å². The summed E-state index contributed by atoms with van der Waals surface area (Å²) in [5, 5.41) is 3.05. The van der Waals surface area contributed by atoms with E-state index in [-0.39, 0.29) is 24.8 Å². The quantitative estimate of drug-likeness (QED) is 0.724. The predicted octanol–water partition coefficient (Wildman–Crippen LogP) is 0.0817. The maximum atomic E-state index is 12.2. The molecule has 1 amide bonds. The summed E-state index contributed by atoms with van der Waals surface area (Å²) in [5.41, 5.74) is -0.571. The van der Waals surface area contributed by atoms with Crippen LogP contribution in [-0.4, -0.2) is 61.1 Å². The van der Waals surface area contributed by atoms with Gasteiger partial charge in [-0.3, -0.25) is 14.4 Å². The number of amides is 1. The first-order chi connectivity index (χ1) is 9.73. The Labute approximate surface area is 124 Å². The molecule has 0 saturated carbocycles. The molecular weight excluding hydrogens is 276 g/mol. The molecule has 1 aliphatic rings. The van der Waals surface area contributed by atoms with E-state index >= 15 is 0 Å². The van der Waals surface area contributed by atoms with Crippen molar-refractivity contribution in [1.29, 1.82) is 0 Å². The first-order valence-corrected chi connectivity index (χ1v) is 7.04. The Bertz CT molecular complexity index is 403. The smallest absolute Gasteiger partial charge is 0.326 e. The monoisotopic (exact) mass is 300 g/mol. The zero-order valence-corrected chi connectivity index (χ0v) is 13.1. The number of ether oxygens (including phenoxy) is 2. The van der Waals surface area contributed by atoms with Crippen molar-refractivity contribution in [3.63, 3.8) is 0 Å². The lowest BCUT2D eigenvalue weighted by atomic mass is 10.1. The Hall–Kier alpha value is -1.63. The number of esters is 2. The van der Waals surface area contributed by atoms with Gasteiger partial charge in [0.15, 0.2) is 0 Å². The lowest BCUT2D eigenvalue weighted by Crippen LogP contribution is -2.56. The van der Waals surface area contributed by atoms with Crippen LogP contribution in [0.15, 0.2) is 0 Å². The summed E-state index contributed by atoms with van der Waals surface area (Å²) in [6, 6.07) is -0.458. The van der Waals surface area contributed by atoms with E-state index in [2.05, 4.69) is 10.1 Å². The van der Waals surface area contributed by atoms with E-state index in [1.54, 1.807) is 20.8 Å². The second-order valence-corrected chi connectivity index (χ2v) is 5.97. The van der Waals surface area contributed by atoms with Crippen molar-refractivity contribution in [2.45, 2.75) is 45.3 Å². The zero-order chi connectivity index (χ0) is 16.0. The van der Waals surface area contributed by atoms with Gasteiger partial charge in [0.2, 0.25) is 5.91 Å². The largest absolute Gasteiger partial charge is 0.469 e. The number of carbonyl (C=O) groups excluding carboxylic acids is 3. The summed E-state index contributed by atoms with van der Waals surface area (Å²) >= 11 is 0. The molecule has 7 nitrogen and oxygen atoms in total. The molecule has 1 atom stereocenters. The molecule has 1 fully saturated rings. The van der Waals surface area contributed by atoms with E-state index < -0.39 is 17.6 Å². The molecule has 0 spiro atoms. The normalized spacial score (nSPS) is 19.3. The Morgan fingerprint density at radius 1 is 1.33 bits per heavy atom. The minimum absolute atomic E-state index is 0.0630. The first kappa shape index (κ1) is 17.4. The Kier molecular flexibility index (Phi) is 6.14. The molecule has 0 aromatic carbocycles. The highest BCUT2D eigenvalue weighted by atomic mass is 16.6. The minimum atomic E-state index is -0.571. The zero-order valence-electron chi connectivity index (χ0n) is 13.1. The molecule has 1 rings (SSSR count). The van der Waals surface area contributed by atoms with E-state index in [1.165, 1.54) is 12.0 Å². The van der Waals surface area contributed by atoms with E-state index in [9.17, 15) is 14.4 Å². The summed E-state index contributed by atoms with van der Waals surface area (Å²) in [6.45, 7) is 6.32. The van der Waals surface area contributed by atoms with Gasteiger partial charge in [0, 0.05) is 19.5 Å². The maximum Gasteiger partial charge on any atom is 0.326 e. The second kappa shape index (κ2) is 7.40. The molecule has 120 valence electrons. The molecule has 21 heavy (non-hydrogen) atoms. The molecule has 0 aliphatic carbocycles. The van der Waals surface area contributed by atoms with E-state index in [0.29, 0.717) is 19.5 Å². The third-order valence-corrected chi connectivity index (χ3v) is 2.99. The molecule has 0 radical (unpaired) electrons. The van der Waals surface area contributed by atoms with Crippen molar-refractivity contribution in [1.82, 2.24) is 10.2 Å². The van der Waals surface area contributed by atoms with Gasteiger partial charge in [-0.25, -0.2) is 0 Å². The van der Waals surface area contributed by atoms with Gasteiger partial charge in [0.05, 0.1) is 13.2 Å². The van der Waals surface area contributed by atoms with E-state index in [4.69, 9.17) is 4.74 Å². The lowest BCUT2D eigenvalue weighted by Gasteiger charge is -2.33. The van der Waals surface area contributed by atoms with Crippen molar-refractivity contribution in [3.05, 3.63) is 0 Å². The molecule has 0 aromatic rings. The van der Waals surface area contributed by atoms with Crippen molar-refractivity contribution in [2.75, 3.05) is 26.7 Å². The Balaban J connectivity index is 2.50. The van der Waals surface area contributed by atoms with Gasteiger partial charge in [0.1, 0.15) is 12.1 Å². The van der Waals surface area contributed by atoms with Gasteiger partial charge in [0.25, 0.3) is 0 Å². The van der Waals surface area contributed by atoms with Crippen LogP contribution < -0.4 is 5.32 Å². The van der Waals surface area contributed by atoms with E-state index in [1.807, 2.05) is 0 Å². The Morgan fingerprint density at radius 2 is 2.00 bits per heavy atom. The fourth-order valence-corrected chi connectivity index (χ4v) is 2.07. The fourth-order valence-electron chi connectivity index (χ4n) is 2.07. The van der Waals surface area contributed by atoms with Gasteiger partial charge in [-0.15, -0.1) is 0 Å². The third kappa shape index (κ3) is 6.12. The number of hydrogen-bond acceptors (Lipinski definition) is 6. The van der Waals surface area contributed by atoms with Crippen LogP contribution in [0, 0.1) is 0 Å². The molecule has 0 bridgehead atoms. The predicted molar refractivity (Wildman–Crippen MR) is 75.5 cm³/mol. The van der Waals surface area contributed by atoms with Crippen LogP contribution in [-0.2, 0) is 23.9 Å². The van der Waals surface area contributed by atoms with Gasteiger partial charge in [-0.05, 0) is 27.2 Å². The molecular formula is C14H24N2O5. The van der Waals surface area contributed by atoms with Crippen LogP contribution in [0.3, 0.4) is 0 Å². The molecule has 7 heteroatoms. The average Bonchev–Trinajstić information content (AvgIpc) is 2.37. The lowest BCUT2D eigenvalue weighted by molar-refractivity contribution is -0.160. The van der Waals surface area contributed by atoms with Crippen LogP contribution in [0.4, 0.5) is 0 Å². The average molecular weight is 300 g/mol. The molecule has 1 heterocycles. The van der Waals surface area contributed by atoms with Crippen molar-refractivity contribution in [3.8, 4) is 0 Å². The molecule has 1 N–H and O–H groups in total. The van der Waals surface area contributed by atoms with Crippen LogP contribution in [0.2, 0.25) is 0 Å². The van der Waals surface area contributed by atoms with Gasteiger partial charge in [-0.1, -0.05) is 0 Å². The van der Waals surface area contributed by atoms with Crippen LogP contribution >= 0.6 is 0 Å². The standard InChI is InChI=1S/C14H24N2O5/c1-14(2,3)21-12(18)9-16-8-7-15-10(13(16)19)5-6-11(17)20-4/h10,15H,5-9H2,1-4H3/t10-/m1/s1. The number of carbonyl (C=O) groups is 3. The second-order valence-electron chi connectivity index (χ2n) is 5.97. The topological polar surface area (TPSA) is 84.9 Å². The van der Waals surface area contributed by atoms with E-state index in [0.717, 1.165) is 0 Å². The number of rotatable bonds is 5. The van der Waals surface area contributed by atoms with Crippen molar-refractivity contribution in [2.24, 2.45) is 0 Å². The Morgan fingerprint density at radius 3 is 2.57 bits per heavy atom. The van der Waals surface area contributed by atoms with Crippen molar-refractivity contribution >= 4 is 17.8 Å². The first-order valence-electron chi connectivity index (χ1n) is 7.04. The summed E-state index contributed by atoms with van der Waals surface area (Å²) in [4.78, 5) is 36.6. The SMILES string of the molecule is COC(=O)CC[C@H]1NCCN(CC(=O)OC(C)(C)C)C1=O. The summed E-state index contributed by atoms with van der Waals surface area (Å²) in [7, 11) is 1.31. The minimum Gasteiger partial charge on any atom is -0.469 e.